The quantitative estimate of drug-likeness (QED) is 0.590. The Morgan fingerprint density at radius 3 is 2.65 bits per heavy atom. The highest BCUT2D eigenvalue weighted by Gasteiger charge is 2.00. The van der Waals surface area contributed by atoms with Crippen LogP contribution in [0.3, 0.4) is 0 Å². The molecular weight excluding hydrogens is 210 g/mol. The summed E-state index contributed by atoms with van der Waals surface area (Å²) in [4.78, 5) is 15.8. The van der Waals surface area contributed by atoms with Crippen LogP contribution >= 0.6 is 0 Å². The van der Waals surface area contributed by atoms with Gasteiger partial charge >= 0.3 is 0 Å². The summed E-state index contributed by atoms with van der Waals surface area (Å²) in [6.45, 7) is 1.98. The van der Waals surface area contributed by atoms with Crippen molar-refractivity contribution in [1.29, 1.82) is 0 Å². The first-order chi connectivity index (χ1) is 8.25. The highest BCUT2D eigenvalue weighted by Crippen LogP contribution is 2.07. The molecule has 0 fully saturated rings. The second-order valence-electron chi connectivity index (χ2n) is 3.85. The van der Waals surface area contributed by atoms with Gasteiger partial charge in [0.25, 0.3) is 0 Å². The summed E-state index contributed by atoms with van der Waals surface area (Å²) in [5, 5.41) is 0. The maximum atomic E-state index is 11.9. The smallest absolute Gasteiger partial charge is 0.185 e. The largest absolute Gasteiger partial charge is 0.289 e. The van der Waals surface area contributed by atoms with Crippen LogP contribution in [0, 0.1) is 6.92 Å². The zero-order valence-electron chi connectivity index (χ0n) is 9.63. The summed E-state index contributed by atoms with van der Waals surface area (Å²) in [5.41, 5.74) is 2.78. The fourth-order valence-corrected chi connectivity index (χ4v) is 1.54. The maximum Gasteiger partial charge on any atom is 0.185 e. The summed E-state index contributed by atoms with van der Waals surface area (Å²) in [6.07, 6.45) is 6.80. The molecule has 2 nitrogen and oxygen atoms in total. The lowest BCUT2D eigenvalue weighted by Gasteiger charge is -1.97. The Bertz CT molecular complexity index is 544. The summed E-state index contributed by atoms with van der Waals surface area (Å²) < 4.78 is 0. The maximum absolute atomic E-state index is 11.9. The molecule has 0 radical (unpaired) electrons. The summed E-state index contributed by atoms with van der Waals surface area (Å²) >= 11 is 0. The number of carbonyl (C=O) groups is 1. The standard InChI is InChI=1S/C15H13NO/c1-12-3-2-4-14(11-12)15(17)6-5-13-7-9-16-10-8-13/h2-11H,1H3/b6-5+. The molecule has 0 amide bonds. The molecule has 1 heterocycles. The van der Waals surface area contributed by atoms with E-state index in [2.05, 4.69) is 4.98 Å². The first-order valence-electron chi connectivity index (χ1n) is 5.45. The molecule has 0 spiro atoms. The van der Waals surface area contributed by atoms with Gasteiger partial charge in [0.1, 0.15) is 0 Å². The van der Waals surface area contributed by atoms with Gasteiger partial charge < -0.3 is 0 Å². The zero-order valence-corrected chi connectivity index (χ0v) is 9.63. The lowest BCUT2D eigenvalue weighted by Crippen LogP contribution is -1.94. The van der Waals surface area contributed by atoms with Gasteiger partial charge in [-0.15, -0.1) is 0 Å². The summed E-state index contributed by atoms with van der Waals surface area (Å²) in [7, 11) is 0. The summed E-state index contributed by atoms with van der Waals surface area (Å²) in [5.74, 6) is 0.0190. The minimum absolute atomic E-state index is 0.0190. The predicted octanol–water partition coefficient (Wildman–Crippen LogP) is 3.29. The minimum atomic E-state index is 0.0190. The molecule has 0 saturated heterocycles. The number of allylic oxidation sites excluding steroid dienone is 1. The number of carbonyl (C=O) groups excluding carboxylic acids is 1. The van der Waals surface area contributed by atoms with Crippen molar-refractivity contribution in [3.8, 4) is 0 Å². The second-order valence-corrected chi connectivity index (χ2v) is 3.85. The van der Waals surface area contributed by atoms with Gasteiger partial charge in [0, 0.05) is 18.0 Å². The highest BCUT2D eigenvalue weighted by molar-refractivity contribution is 6.06. The predicted molar refractivity (Wildman–Crippen MR) is 68.8 cm³/mol. The molecule has 0 unspecified atom stereocenters. The molecule has 1 aromatic carbocycles. The van der Waals surface area contributed by atoms with Crippen molar-refractivity contribution < 1.29 is 4.79 Å². The van der Waals surface area contributed by atoms with Gasteiger partial charge in [0.15, 0.2) is 5.78 Å². The fourth-order valence-electron chi connectivity index (χ4n) is 1.54. The third kappa shape index (κ3) is 3.11. The molecule has 0 saturated carbocycles. The van der Waals surface area contributed by atoms with Crippen LogP contribution in [-0.4, -0.2) is 10.8 Å². The van der Waals surface area contributed by atoms with Crippen LogP contribution in [0.15, 0.2) is 54.9 Å². The molecule has 17 heavy (non-hydrogen) atoms. The van der Waals surface area contributed by atoms with E-state index in [0.717, 1.165) is 16.7 Å². The summed E-state index contributed by atoms with van der Waals surface area (Å²) in [6, 6.07) is 11.3. The lowest BCUT2D eigenvalue weighted by atomic mass is 10.1. The molecule has 2 aromatic rings. The molecule has 0 atom stereocenters. The fraction of sp³-hybridized carbons (Fsp3) is 0.0667. The molecule has 0 aliphatic carbocycles. The number of pyridine rings is 1. The van der Waals surface area contributed by atoms with Gasteiger partial charge in [-0.05, 0) is 36.8 Å². The molecule has 0 aliphatic rings. The van der Waals surface area contributed by atoms with Crippen molar-refractivity contribution in [3.63, 3.8) is 0 Å². The van der Waals surface area contributed by atoms with Crippen LogP contribution in [0.4, 0.5) is 0 Å². The van der Waals surface area contributed by atoms with E-state index in [1.807, 2.05) is 43.3 Å². The molecule has 0 N–H and O–H groups in total. The molecule has 0 bridgehead atoms. The van der Waals surface area contributed by atoms with E-state index in [1.54, 1.807) is 24.5 Å². The van der Waals surface area contributed by atoms with Gasteiger partial charge in [0.2, 0.25) is 0 Å². The van der Waals surface area contributed by atoms with Crippen molar-refractivity contribution in [2.45, 2.75) is 6.92 Å². The van der Waals surface area contributed by atoms with E-state index in [0.29, 0.717) is 0 Å². The molecule has 1 aromatic heterocycles. The first-order valence-corrected chi connectivity index (χ1v) is 5.45. The van der Waals surface area contributed by atoms with Crippen molar-refractivity contribution in [1.82, 2.24) is 4.98 Å². The van der Waals surface area contributed by atoms with Crippen LogP contribution in [0.5, 0.6) is 0 Å². The monoisotopic (exact) mass is 223 g/mol. The Balaban J connectivity index is 2.15. The molecule has 2 heteroatoms. The number of hydrogen-bond donors (Lipinski definition) is 0. The number of hydrogen-bond acceptors (Lipinski definition) is 2. The van der Waals surface area contributed by atoms with Crippen molar-refractivity contribution >= 4 is 11.9 Å². The Morgan fingerprint density at radius 1 is 1.18 bits per heavy atom. The van der Waals surface area contributed by atoms with E-state index < -0.39 is 0 Å². The molecule has 2 rings (SSSR count). The average Bonchev–Trinajstić information content (AvgIpc) is 2.37. The van der Waals surface area contributed by atoms with Crippen LogP contribution in [0.25, 0.3) is 6.08 Å². The third-order valence-corrected chi connectivity index (χ3v) is 2.44. The van der Waals surface area contributed by atoms with Crippen molar-refractivity contribution in [2.75, 3.05) is 0 Å². The Labute approximate surface area is 101 Å². The van der Waals surface area contributed by atoms with E-state index in [-0.39, 0.29) is 5.78 Å². The van der Waals surface area contributed by atoms with Crippen LogP contribution in [0.2, 0.25) is 0 Å². The van der Waals surface area contributed by atoms with Gasteiger partial charge in [-0.25, -0.2) is 0 Å². The number of benzene rings is 1. The van der Waals surface area contributed by atoms with E-state index in [9.17, 15) is 4.79 Å². The van der Waals surface area contributed by atoms with Gasteiger partial charge in [-0.1, -0.05) is 29.8 Å². The molecule has 84 valence electrons. The van der Waals surface area contributed by atoms with Crippen LogP contribution in [0.1, 0.15) is 21.5 Å². The van der Waals surface area contributed by atoms with Crippen LogP contribution in [-0.2, 0) is 0 Å². The normalized spacial score (nSPS) is 10.6. The number of nitrogens with zero attached hydrogens (tertiary/aromatic N) is 1. The Morgan fingerprint density at radius 2 is 1.94 bits per heavy atom. The van der Waals surface area contributed by atoms with Crippen LogP contribution < -0.4 is 0 Å². The number of ketones is 1. The van der Waals surface area contributed by atoms with Gasteiger partial charge in [0.05, 0.1) is 0 Å². The van der Waals surface area contributed by atoms with E-state index in [1.165, 1.54) is 0 Å². The van der Waals surface area contributed by atoms with Crippen molar-refractivity contribution in [3.05, 3.63) is 71.6 Å². The lowest BCUT2D eigenvalue weighted by molar-refractivity contribution is 0.104. The second kappa shape index (κ2) is 5.21. The number of rotatable bonds is 3. The molecular formula is C15H13NO. The zero-order chi connectivity index (χ0) is 12.1. The number of aromatic nitrogens is 1. The van der Waals surface area contributed by atoms with Gasteiger partial charge in [-0.3, -0.25) is 9.78 Å². The molecule has 0 aliphatic heterocycles. The van der Waals surface area contributed by atoms with E-state index >= 15 is 0 Å². The average molecular weight is 223 g/mol. The highest BCUT2D eigenvalue weighted by atomic mass is 16.1. The van der Waals surface area contributed by atoms with E-state index in [4.69, 9.17) is 0 Å². The SMILES string of the molecule is Cc1cccc(C(=O)/C=C/c2ccncc2)c1. The minimum Gasteiger partial charge on any atom is -0.289 e. The Hall–Kier alpha value is -2.22. The Kier molecular flexibility index (Phi) is 3.46. The van der Waals surface area contributed by atoms with Crippen molar-refractivity contribution in [2.24, 2.45) is 0 Å². The van der Waals surface area contributed by atoms with Gasteiger partial charge in [-0.2, -0.15) is 0 Å². The first kappa shape index (κ1) is 11.3. The third-order valence-electron chi connectivity index (χ3n) is 2.44. The number of aryl methyl sites for hydroxylation is 1. The topological polar surface area (TPSA) is 30.0 Å².